The summed E-state index contributed by atoms with van der Waals surface area (Å²) in [7, 11) is 0. The second-order valence-corrected chi connectivity index (χ2v) is 2.98. The van der Waals surface area contributed by atoms with Gasteiger partial charge in [0.25, 0.3) is 0 Å². The molecule has 1 aromatic carbocycles. The zero-order valence-electron chi connectivity index (χ0n) is 7.58. The third kappa shape index (κ3) is 1.21. The lowest BCUT2D eigenvalue weighted by molar-refractivity contribution is 0.445. The van der Waals surface area contributed by atoms with E-state index in [4.69, 9.17) is 10.3 Å². The van der Waals surface area contributed by atoms with Gasteiger partial charge in [0.05, 0.1) is 5.69 Å². The summed E-state index contributed by atoms with van der Waals surface area (Å²) in [5, 5.41) is 5.08. The van der Waals surface area contributed by atoms with E-state index in [-0.39, 0.29) is 0 Å². The minimum atomic E-state index is 0.496. The Bertz CT molecular complexity index is 420. The van der Waals surface area contributed by atoms with Crippen LogP contribution in [0.15, 0.2) is 22.7 Å². The minimum Gasteiger partial charge on any atom is -0.356 e. The molecule has 0 bridgehead atoms. The molecule has 3 nitrogen and oxygen atoms in total. The summed E-state index contributed by atoms with van der Waals surface area (Å²) < 4.78 is 5.23. The van der Waals surface area contributed by atoms with Crippen molar-refractivity contribution in [1.29, 1.82) is 0 Å². The van der Waals surface area contributed by atoms with Gasteiger partial charge >= 0.3 is 0 Å². The van der Waals surface area contributed by atoms with E-state index >= 15 is 0 Å². The molecule has 13 heavy (non-hydrogen) atoms. The average molecular weight is 176 g/mol. The van der Waals surface area contributed by atoms with Crippen LogP contribution in [0.3, 0.4) is 0 Å². The predicted molar refractivity (Wildman–Crippen MR) is 51.3 cm³/mol. The Kier molecular flexibility index (Phi) is 2.02. The summed E-state index contributed by atoms with van der Waals surface area (Å²) in [5.74, 6) is 0. The van der Waals surface area contributed by atoms with Gasteiger partial charge in [-0.05, 0) is 12.5 Å². The quantitative estimate of drug-likeness (QED) is 0.759. The summed E-state index contributed by atoms with van der Waals surface area (Å²) in [5.41, 5.74) is 8.44. The Morgan fingerprint density at radius 1 is 1.46 bits per heavy atom. The normalized spacial score (nSPS) is 10.9. The number of hydrogen-bond acceptors (Lipinski definition) is 3. The van der Waals surface area contributed by atoms with Crippen molar-refractivity contribution in [2.45, 2.75) is 19.9 Å². The molecule has 0 unspecified atom stereocenters. The Labute approximate surface area is 76.5 Å². The Morgan fingerprint density at radius 2 is 2.31 bits per heavy atom. The fourth-order valence-electron chi connectivity index (χ4n) is 1.49. The maximum absolute atomic E-state index is 5.58. The number of aryl methyl sites for hydroxylation is 1. The van der Waals surface area contributed by atoms with Crippen molar-refractivity contribution in [3.8, 4) is 0 Å². The lowest BCUT2D eigenvalue weighted by Crippen LogP contribution is -1.95. The van der Waals surface area contributed by atoms with Crippen LogP contribution < -0.4 is 5.73 Å². The number of benzene rings is 1. The van der Waals surface area contributed by atoms with Crippen LogP contribution >= 0.6 is 0 Å². The molecule has 2 rings (SSSR count). The molecule has 2 N–H and O–H groups in total. The summed E-state index contributed by atoms with van der Waals surface area (Å²) in [6.45, 7) is 2.56. The van der Waals surface area contributed by atoms with Crippen LogP contribution in [-0.4, -0.2) is 5.16 Å². The number of para-hydroxylation sites is 1. The second kappa shape index (κ2) is 3.18. The average Bonchev–Trinajstić information content (AvgIpc) is 2.60. The van der Waals surface area contributed by atoms with E-state index in [9.17, 15) is 0 Å². The van der Waals surface area contributed by atoms with Crippen LogP contribution in [0.4, 0.5) is 0 Å². The van der Waals surface area contributed by atoms with E-state index in [2.05, 4.69) is 12.1 Å². The molecule has 0 atom stereocenters. The molecule has 0 aliphatic rings. The standard InChI is InChI=1S/C10H12N2O/c1-2-9-8-5-3-4-7(6-11)10(8)13-12-9/h3-5H,2,6,11H2,1H3. The molecule has 2 aromatic rings. The van der Waals surface area contributed by atoms with Crippen molar-refractivity contribution in [3.05, 3.63) is 29.5 Å². The van der Waals surface area contributed by atoms with E-state index in [1.165, 1.54) is 0 Å². The van der Waals surface area contributed by atoms with Crippen molar-refractivity contribution in [2.75, 3.05) is 0 Å². The summed E-state index contributed by atoms with van der Waals surface area (Å²) >= 11 is 0. The first-order valence-corrected chi connectivity index (χ1v) is 4.43. The third-order valence-corrected chi connectivity index (χ3v) is 2.21. The van der Waals surface area contributed by atoms with Crippen LogP contribution in [0, 0.1) is 0 Å². The highest BCUT2D eigenvalue weighted by molar-refractivity contribution is 5.82. The van der Waals surface area contributed by atoms with Gasteiger partial charge in [0.15, 0.2) is 5.58 Å². The van der Waals surface area contributed by atoms with E-state index in [1.54, 1.807) is 0 Å². The van der Waals surface area contributed by atoms with Crippen molar-refractivity contribution < 1.29 is 4.52 Å². The monoisotopic (exact) mass is 176 g/mol. The number of rotatable bonds is 2. The molecule has 0 aliphatic heterocycles. The van der Waals surface area contributed by atoms with Gasteiger partial charge in [-0.3, -0.25) is 0 Å². The highest BCUT2D eigenvalue weighted by Crippen LogP contribution is 2.21. The van der Waals surface area contributed by atoms with Gasteiger partial charge in [-0.15, -0.1) is 0 Å². The Hall–Kier alpha value is -1.35. The topological polar surface area (TPSA) is 52.0 Å². The summed E-state index contributed by atoms with van der Waals surface area (Å²) in [4.78, 5) is 0. The smallest absolute Gasteiger partial charge is 0.171 e. The molecule has 1 aromatic heterocycles. The van der Waals surface area contributed by atoms with Crippen LogP contribution in [0.2, 0.25) is 0 Å². The number of fused-ring (bicyclic) bond motifs is 1. The molecule has 0 saturated carbocycles. The third-order valence-electron chi connectivity index (χ3n) is 2.21. The molecule has 68 valence electrons. The van der Waals surface area contributed by atoms with E-state index in [1.807, 2.05) is 18.2 Å². The van der Waals surface area contributed by atoms with Gasteiger partial charge < -0.3 is 10.3 Å². The molecule has 0 fully saturated rings. The maximum atomic E-state index is 5.58. The van der Waals surface area contributed by atoms with Crippen molar-refractivity contribution in [2.24, 2.45) is 5.73 Å². The SMILES string of the molecule is CCc1noc2c(CN)cccc12. The molecule has 0 aliphatic carbocycles. The number of hydrogen-bond donors (Lipinski definition) is 1. The first-order valence-electron chi connectivity index (χ1n) is 4.43. The lowest BCUT2D eigenvalue weighted by atomic mass is 10.1. The first-order chi connectivity index (χ1) is 6.36. The van der Waals surface area contributed by atoms with Crippen molar-refractivity contribution >= 4 is 11.0 Å². The van der Waals surface area contributed by atoms with Crippen LogP contribution in [0.25, 0.3) is 11.0 Å². The second-order valence-electron chi connectivity index (χ2n) is 2.98. The summed E-state index contributed by atoms with van der Waals surface area (Å²) in [6, 6.07) is 5.97. The molecule has 3 heteroatoms. The van der Waals surface area contributed by atoms with Gasteiger partial charge in [0.2, 0.25) is 0 Å². The van der Waals surface area contributed by atoms with Crippen LogP contribution in [0.1, 0.15) is 18.2 Å². The molecule has 0 saturated heterocycles. The zero-order valence-corrected chi connectivity index (χ0v) is 7.58. The Balaban J connectivity index is 2.72. The number of aromatic nitrogens is 1. The van der Waals surface area contributed by atoms with Crippen molar-refractivity contribution in [3.63, 3.8) is 0 Å². The predicted octanol–water partition coefficient (Wildman–Crippen LogP) is 1.85. The zero-order chi connectivity index (χ0) is 9.26. The molecule has 0 amide bonds. The fourth-order valence-corrected chi connectivity index (χ4v) is 1.49. The highest BCUT2D eigenvalue weighted by Gasteiger charge is 2.08. The molecule has 0 radical (unpaired) electrons. The van der Waals surface area contributed by atoms with Gasteiger partial charge in [0.1, 0.15) is 0 Å². The van der Waals surface area contributed by atoms with E-state index < -0.39 is 0 Å². The number of nitrogens with zero attached hydrogens (tertiary/aromatic N) is 1. The van der Waals surface area contributed by atoms with E-state index in [0.717, 1.165) is 28.6 Å². The van der Waals surface area contributed by atoms with Crippen LogP contribution in [0.5, 0.6) is 0 Å². The van der Waals surface area contributed by atoms with Gasteiger partial charge in [-0.1, -0.05) is 24.2 Å². The van der Waals surface area contributed by atoms with Gasteiger partial charge in [0, 0.05) is 17.5 Å². The highest BCUT2D eigenvalue weighted by atomic mass is 16.5. The maximum Gasteiger partial charge on any atom is 0.171 e. The van der Waals surface area contributed by atoms with Gasteiger partial charge in [-0.2, -0.15) is 0 Å². The fraction of sp³-hybridized carbons (Fsp3) is 0.300. The molecule has 1 heterocycles. The minimum absolute atomic E-state index is 0.496. The largest absolute Gasteiger partial charge is 0.356 e. The van der Waals surface area contributed by atoms with Crippen LogP contribution in [-0.2, 0) is 13.0 Å². The van der Waals surface area contributed by atoms with Crippen molar-refractivity contribution in [1.82, 2.24) is 5.16 Å². The molecular weight excluding hydrogens is 164 g/mol. The van der Waals surface area contributed by atoms with Gasteiger partial charge in [-0.25, -0.2) is 0 Å². The lowest BCUT2D eigenvalue weighted by Gasteiger charge is -1.95. The van der Waals surface area contributed by atoms with E-state index in [0.29, 0.717) is 6.54 Å². The molecular formula is C10H12N2O. The number of nitrogens with two attached hydrogens (primary N) is 1. The summed E-state index contributed by atoms with van der Waals surface area (Å²) in [6.07, 6.45) is 0.890. The molecule has 0 spiro atoms. The Morgan fingerprint density at radius 3 is 3.00 bits per heavy atom. The first kappa shape index (κ1) is 8.26.